The molecule has 6 nitrogen and oxygen atoms in total. The predicted octanol–water partition coefficient (Wildman–Crippen LogP) is 0.282. The SMILES string of the molecule is NCCCn1nnnc1-c1ccoc1. The number of hydrogen-bond donors (Lipinski definition) is 1. The van der Waals surface area contributed by atoms with Gasteiger partial charge in [0.2, 0.25) is 0 Å². The van der Waals surface area contributed by atoms with Crippen LogP contribution in [0.5, 0.6) is 0 Å². The number of nitrogens with two attached hydrogens (primary N) is 1. The third-order valence-electron chi connectivity index (χ3n) is 1.89. The number of aryl methyl sites for hydroxylation is 1. The highest BCUT2D eigenvalue weighted by molar-refractivity contribution is 5.51. The molecule has 0 saturated carbocycles. The van der Waals surface area contributed by atoms with Crippen LogP contribution in [0, 0.1) is 0 Å². The molecule has 0 aliphatic heterocycles. The van der Waals surface area contributed by atoms with Crippen LogP contribution in [0.2, 0.25) is 0 Å². The van der Waals surface area contributed by atoms with Gasteiger partial charge in [0.05, 0.1) is 11.8 Å². The monoisotopic (exact) mass is 193 g/mol. The van der Waals surface area contributed by atoms with Crippen molar-refractivity contribution >= 4 is 0 Å². The van der Waals surface area contributed by atoms with E-state index < -0.39 is 0 Å². The zero-order chi connectivity index (χ0) is 9.80. The molecule has 0 fully saturated rings. The van der Waals surface area contributed by atoms with Gasteiger partial charge < -0.3 is 10.2 Å². The minimum atomic E-state index is 0.630. The summed E-state index contributed by atoms with van der Waals surface area (Å²) in [7, 11) is 0. The molecule has 0 unspecified atom stereocenters. The molecule has 2 N–H and O–H groups in total. The van der Waals surface area contributed by atoms with Gasteiger partial charge in [-0.2, -0.15) is 0 Å². The van der Waals surface area contributed by atoms with Gasteiger partial charge >= 0.3 is 0 Å². The normalized spacial score (nSPS) is 10.6. The van der Waals surface area contributed by atoms with E-state index in [-0.39, 0.29) is 0 Å². The Bertz CT molecular complexity index is 380. The first-order valence-electron chi connectivity index (χ1n) is 4.40. The summed E-state index contributed by atoms with van der Waals surface area (Å²) in [6, 6.07) is 1.82. The molecule has 0 bridgehead atoms. The Hall–Kier alpha value is -1.69. The van der Waals surface area contributed by atoms with Crippen LogP contribution in [0.4, 0.5) is 0 Å². The zero-order valence-electron chi connectivity index (χ0n) is 7.63. The van der Waals surface area contributed by atoms with Crippen molar-refractivity contribution in [3.8, 4) is 11.4 Å². The molecular formula is C8H11N5O. The molecule has 0 saturated heterocycles. The Labute approximate surface area is 80.7 Å². The van der Waals surface area contributed by atoms with Crippen LogP contribution in [0.25, 0.3) is 11.4 Å². The van der Waals surface area contributed by atoms with E-state index in [1.54, 1.807) is 17.2 Å². The Balaban J connectivity index is 2.22. The van der Waals surface area contributed by atoms with E-state index in [0.717, 1.165) is 18.5 Å². The van der Waals surface area contributed by atoms with Gasteiger partial charge in [0, 0.05) is 6.54 Å². The van der Waals surface area contributed by atoms with E-state index in [4.69, 9.17) is 10.2 Å². The number of hydrogen-bond acceptors (Lipinski definition) is 5. The molecule has 0 aliphatic rings. The zero-order valence-corrected chi connectivity index (χ0v) is 7.63. The summed E-state index contributed by atoms with van der Waals surface area (Å²) in [6.45, 7) is 1.36. The standard InChI is InChI=1S/C8H11N5O/c9-3-1-4-13-8(10-11-12-13)7-2-5-14-6-7/h2,5-6H,1,3-4,9H2. The fraction of sp³-hybridized carbons (Fsp3) is 0.375. The second kappa shape index (κ2) is 4.01. The second-order valence-electron chi connectivity index (χ2n) is 2.88. The minimum Gasteiger partial charge on any atom is -0.472 e. The van der Waals surface area contributed by atoms with Gasteiger partial charge in [-0.05, 0) is 29.5 Å². The molecular weight excluding hydrogens is 182 g/mol. The highest BCUT2D eigenvalue weighted by Gasteiger charge is 2.08. The summed E-state index contributed by atoms with van der Waals surface area (Å²) in [6.07, 6.45) is 4.07. The van der Waals surface area contributed by atoms with Crippen LogP contribution < -0.4 is 5.73 Å². The smallest absolute Gasteiger partial charge is 0.185 e. The Morgan fingerprint density at radius 1 is 1.50 bits per heavy atom. The molecule has 0 amide bonds. The predicted molar refractivity (Wildman–Crippen MR) is 49.2 cm³/mol. The van der Waals surface area contributed by atoms with Crippen LogP contribution in [0.1, 0.15) is 6.42 Å². The maximum Gasteiger partial charge on any atom is 0.185 e. The molecule has 14 heavy (non-hydrogen) atoms. The molecule has 0 atom stereocenters. The van der Waals surface area contributed by atoms with Crippen LogP contribution in [0.3, 0.4) is 0 Å². The number of rotatable bonds is 4. The summed E-state index contributed by atoms with van der Waals surface area (Å²) in [5.41, 5.74) is 6.29. The third kappa shape index (κ3) is 1.64. The fourth-order valence-corrected chi connectivity index (χ4v) is 1.19. The minimum absolute atomic E-state index is 0.630. The van der Waals surface area contributed by atoms with Crippen molar-refractivity contribution in [1.82, 2.24) is 20.2 Å². The van der Waals surface area contributed by atoms with E-state index in [2.05, 4.69) is 15.5 Å². The van der Waals surface area contributed by atoms with Crippen molar-refractivity contribution in [3.05, 3.63) is 18.6 Å². The Morgan fingerprint density at radius 3 is 3.14 bits per heavy atom. The van der Waals surface area contributed by atoms with Gasteiger partial charge in [-0.25, -0.2) is 4.68 Å². The van der Waals surface area contributed by atoms with Gasteiger partial charge in [0.25, 0.3) is 0 Å². The molecule has 2 rings (SSSR count). The van der Waals surface area contributed by atoms with E-state index in [1.165, 1.54) is 0 Å². The van der Waals surface area contributed by atoms with Crippen molar-refractivity contribution in [2.75, 3.05) is 6.54 Å². The lowest BCUT2D eigenvalue weighted by atomic mass is 10.3. The number of aromatic nitrogens is 4. The number of nitrogens with zero attached hydrogens (tertiary/aromatic N) is 4. The van der Waals surface area contributed by atoms with E-state index in [9.17, 15) is 0 Å². The van der Waals surface area contributed by atoms with Crippen LogP contribution >= 0.6 is 0 Å². The van der Waals surface area contributed by atoms with Gasteiger partial charge in [0.15, 0.2) is 5.82 Å². The maximum absolute atomic E-state index is 5.41. The molecule has 2 aromatic rings. The van der Waals surface area contributed by atoms with E-state index >= 15 is 0 Å². The van der Waals surface area contributed by atoms with Gasteiger partial charge in [0.1, 0.15) is 6.26 Å². The lowest BCUT2D eigenvalue weighted by Crippen LogP contribution is -2.08. The van der Waals surface area contributed by atoms with Gasteiger partial charge in [-0.1, -0.05) is 0 Å². The second-order valence-corrected chi connectivity index (χ2v) is 2.88. The third-order valence-corrected chi connectivity index (χ3v) is 1.89. The molecule has 0 radical (unpaired) electrons. The molecule has 2 heterocycles. The van der Waals surface area contributed by atoms with Gasteiger partial charge in [-0.15, -0.1) is 5.10 Å². The van der Waals surface area contributed by atoms with Crippen molar-refractivity contribution < 1.29 is 4.42 Å². The summed E-state index contributed by atoms with van der Waals surface area (Å²) >= 11 is 0. The lowest BCUT2D eigenvalue weighted by molar-refractivity contribution is 0.561. The van der Waals surface area contributed by atoms with Crippen LogP contribution in [-0.2, 0) is 6.54 Å². The maximum atomic E-state index is 5.41. The number of furan rings is 1. The average Bonchev–Trinajstić information content (AvgIpc) is 2.84. The van der Waals surface area contributed by atoms with E-state index in [0.29, 0.717) is 12.4 Å². The Morgan fingerprint density at radius 2 is 2.43 bits per heavy atom. The fourth-order valence-electron chi connectivity index (χ4n) is 1.19. The van der Waals surface area contributed by atoms with Crippen molar-refractivity contribution in [2.24, 2.45) is 5.73 Å². The summed E-state index contributed by atoms with van der Waals surface area (Å²) < 4.78 is 6.68. The largest absolute Gasteiger partial charge is 0.472 e. The highest BCUT2D eigenvalue weighted by atomic mass is 16.3. The number of tetrazole rings is 1. The Kier molecular flexibility index (Phi) is 2.55. The average molecular weight is 193 g/mol. The molecule has 0 spiro atoms. The van der Waals surface area contributed by atoms with Gasteiger partial charge in [-0.3, -0.25) is 0 Å². The topological polar surface area (TPSA) is 82.8 Å². The highest BCUT2D eigenvalue weighted by Crippen LogP contribution is 2.15. The molecule has 0 aromatic carbocycles. The van der Waals surface area contributed by atoms with Crippen molar-refractivity contribution in [3.63, 3.8) is 0 Å². The summed E-state index contributed by atoms with van der Waals surface area (Å²) in [5.74, 6) is 0.715. The van der Waals surface area contributed by atoms with E-state index in [1.807, 2.05) is 6.07 Å². The van der Waals surface area contributed by atoms with Crippen molar-refractivity contribution in [2.45, 2.75) is 13.0 Å². The summed E-state index contributed by atoms with van der Waals surface area (Å²) in [5, 5.41) is 11.4. The first-order valence-corrected chi connectivity index (χ1v) is 4.40. The molecule has 6 heteroatoms. The first-order chi connectivity index (χ1) is 6.92. The van der Waals surface area contributed by atoms with Crippen LogP contribution in [-0.4, -0.2) is 26.8 Å². The first kappa shape index (κ1) is 8.89. The van der Waals surface area contributed by atoms with Crippen LogP contribution in [0.15, 0.2) is 23.0 Å². The summed E-state index contributed by atoms with van der Waals surface area (Å²) in [4.78, 5) is 0. The molecule has 0 aliphatic carbocycles. The van der Waals surface area contributed by atoms with Crippen molar-refractivity contribution in [1.29, 1.82) is 0 Å². The quantitative estimate of drug-likeness (QED) is 0.754. The lowest BCUT2D eigenvalue weighted by Gasteiger charge is -2.00. The molecule has 2 aromatic heterocycles. The molecule has 74 valence electrons.